The molecule has 11 nitrogen and oxygen atoms in total. The van der Waals surface area contributed by atoms with Crippen molar-refractivity contribution in [2.24, 2.45) is 11.8 Å². The molecule has 1 aromatic heterocycles. The summed E-state index contributed by atoms with van der Waals surface area (Å²) >= 11 is 0. The molecular formula is C34H46F2N6O5. The number of hydrogen-bond donors (Lipinski definition) is 3. The highest BCUT2D eigenvalue weighted by atomic mass is 19.3. The third-order valence-electron chi connectivity index (χ3n) is 9.12. The second-order valence-corrected chi connectivity index (χ2v) is 12.6. The Morgan fingerprint density at radius 3 is 2.21 bits per heavy atom. The summed E-state index contributed by atoms with van der Waals surface area (Å²) in [6, 6.07) is 7.22. The maximum absolute atomic E-state index is 15.2. The first kappa shape index (κ1) is 35.7. The molecule has 2 aliphatic rings. The normalized spacial score (nSPS) is 20.1. The Balaban J connectivity index is 1.46. The minimum Gasteiger partial charge on any atom is -0.481 e. The Morgan fingerprint density at radius 1 is 0.979 bits per heavy atom. The number of alkyl halides is 2. The molecule has 4 amide bonds. The number of benzene rings is 1. The lowest BCUT2D eigenvalue weighted by molar-refractivity contribution is -0.149. The van der Waals surface area contributed by atoms with E-state index in [1.54, 1.807) is 36.1 Å². The highest BCUT2D eigenvalue weighted by Gasteiger charge is 2.44. The van der Waals surface area contributed by atoms with E-state index in [1.165, 1.54) is 13.2 Å². The van der Waals surface area contributed by atoms with Gasteiger partial charge in [0, 0.05) is 62.5 Å². The molecular weight excluding hydrogens is 610 g/mol. The van der Waals surface area contributed by atoms with Gasteiger partial charge in [-0.3, -0.25) is 19.2 Å². The van der Waals surface area contributed by atoms with E-state index in [4.69, 9.17) is 4.74 Å². The van der Waals surface area contributed by atoms with Crippen LogP contribution in [-0.2, 0) is 31.5 Å². The molecule has 0 spiro atoms. The molecule has 2 fully saturated rings. The van der Waals surface area contributed by atoms with Crippen LogP contribution in [-0.4, -0.2) is 90.8 Å². The molecule has 13 heteroatoms. The molecule has 1 aromatic carbocycles. The molecule has 2 atom stereocenters. The number of pyridine rings is 1. The molecule has 0 bridgehead atoms. The van der Waals surface area contributed by atoms with E-state index in [2.05, 4.69) is 32.8 Å². The quantitative estimate of drug-likeness (QED) is 0.319. The topological polar surface area (TPSA) is 133 Å². The Kier molecular flexibility index (Phi) is 12.3. The first-order valence-corrected chi connectivity index (χ1v) is 16.3. The number of carbonyl (C=O) groups excluding carboxylic acids is 4. The van der Waals surface area contributed by atoms with E-state index in [-0.39, 0.29) is 36.5 Å². The maximum Gasteiger partial charge on any atom is 0.351 e. The van der Waals surface area contributed by atoms with Crippen LogP contribution in [0.25, 0.3) is 0 Å². The Labute approximate surface area is 274 Å². The van der Waals surface area contributed by atoms with Crippen LogP contribution in [0.15, 0.2) is 42.6 Å². The van der Waals surface area contributed by atoms with Gasteiger partial charge in [0.25, 0.3) is 5.91 Å². The van der Waals surface area contributed by atoms with Crippen molar-refractivity contribution in [1.29, 1.82) is 0 Å². The molecule has 256 valence electrons. The Morgan fingerprint density at radius 2 is 1.64 bits per heavy atom. The number of halogens is 2. The maximum atomic E-state index is 15.2. The number of hydrogen-bond acceptors (Lipinski definition) is 7. The van der Waals surface area contributed by atoms with Crippen molar-refractivity contribution < 1.29 is 32.7 Å². The number of methoxy groups -OCH3 is 1. The third kappa shape index (κ3) is 9.46. The number of rotatable bonds is 12. The summed E-state index contributed by atoms with van der Waals surface area (Å²) < 4.78 is 35.4. The third-order valence-corrected chi connectivity index (χ3v) is 9.12. The number of piperazine rings is 1. The summed E-state index contributed by atoms with van der Waals surface area (Å²) in [7, 11) is 3.36. The summed E-state index contributed by atoms with van der Waals surface area (Å²) in [4.78, 5) is 59.8. The molecule has 47 heavy (non-hydrogen) atoms. The van der Waals surface area contributed by atoms with Gasteiger partial charge in [-0.2, -0.15) is 8.78 Å². The Hall–Kier alpha value is -4.13. The largest absolute Gasteiger partial charge is 0.481 e. The van der Waals surface area contributed by atoms with Gasteiger partial charge in [-0.25, -0.2) is 4.98 Å². The van der Waals surface area contributed by atoms with Crippen LogP contribution in [0.3, 0.4) is 0 Å². The van der Waals surface area contributed by atoms with Crippen molar-refractivity contribution in [2.75, 3.05) is 45.7 Å². The number of likely N-dealkylation sites (N-methyl/N-ethyl adjacent to an activating group) is 1. The van der Waals surface area contributed by atoms with Crippen molar-refractivity contribution in [3.8, 4) is 5.88 Å². The van der Waals surface area contributed by atoms with Crippen LogP contribution in [0.4, 0.5) is 14.5 Å². The van der Waals surface area contributed by atoms with Crippen LogP contribution in [0, 0.1) is 11.8 Å². The summed E-state index contributed by atoms with van der Waals surface area (Å²) in [6.45, 7) is 6.51. The van der Waals surface area contributed by atoms with Crippen LogP contribution in [0.1, 0.15) is 57.1 Å². The van der Waals surface area contributed by atoms with E-state index in [9.17, 15) is 19.2 Å². The van der Waals surface area contributed by atoms with Gasteiger partial charge in [0.05, 0.1) is 7.11 Å². The van der Waals surface area contributed by atoms with Gasteiger partial charge < -0.3 is 30.5 Å². The zero-order valence-corrected chi connectivity index (χ0v) is 27.6. The first-order chi connectivity index (χ1) is 22.4. The van der Waals surface area contributed by atoms with E-state index >= 15 is 8.78 Å². The van der Waals surface area contributed by atoms with Gasteiger partial charge in [0.1, 0.15) is 12.1 Å². The second-order valence-electron chi connectivity index (χ2n) is 12.6. The van der Waals surface area contributed by atoms with Gasteiger partial charge >= 0.3 is 5.92 Å². The van der Waals surface area contributed by atoms with Gasteiger partial charge in [-0.05, 0) is 55.5 Å². The summed E-state index contributed by atoms with van der Waals surface area (Å²) in [5.74, 6) is -6.20. The standard InChI is InChI=1S/C34H46F2N6O5/c1-5-28(43)39-27(32(45)42-18-16-41(3)17-19-42)20-23-8-13-26(14-9-23)38-31(44)30(24-10-6-22(2)7-11-24)40-33(46)34(35,36)25-12-15-29(47-4)37-21-25/h8-9,12-15,21-22,24,27,30H,5-7,10-11,16-20H2,1-4H3,(H,38,44)(H,39,43)(H,40,46)/t22-,24-,27-,30+/m1/s1. The monoisotopic (exact) mass is 656 g/mol. The summed E-state index contributed by atoms with van der Waals surface area (Å²) in [6.07, 6.45) is 4.26. The van der Waals surface area contributed by atoms with Crippen LogP contribution in [0.5, 0.6) is 5.88 Å². The fourth-order valence-corrected chi connectivity index (χ4v) is 5.99. The zero-order valence-electron chi connectivity index (χ0n) is 27.6. The molecule has 1 aliphatic carbocycles. The van der Waals surface area contributed by atoms with Gasteiger partial charge in [0.15, 0.2) is 0 Å². The minimum atomic E-state index is -3.92. The number of carbonyl (C=O) groups is 4. The molecule has 0 unspecified atom stereocenters. The molecule has 1 saturated carbocycles. The average molecular weight is 657 g/mol. The highest BCUT2D eigenvalue weighted by Crippen LogP contribution is 2.33. The van der Waals surface area contributed by atoms with Crippen molar-refractivity contribution in [3.05, 3.63) is 53.7 Å². The molecule has 0 radical (unpaired) electrons. The number of nitrogens with one attached hydrogen (secondary N) is 3. The fraction of sp³-hybridized carbons (Fsp3) is 0.559. The highest BCUT2D eigenvalue weighted by molar-refractivity contribution is 5.98. The average Bonchev–Trinajstić information content (AvgIpc) is 3.08. The predicted molar refractivity (Wildman–Crippen MR) is 173 cm³/mol. The van der Waals surface area contributed by atoms with Gasteiger partial charge in [0.2, 0.25) is 23.6 Å². The lowest BCUT2D eigenvalue weighted by atomic mass is 9.79. The minimum absolute atomic E-state index is 0.132. The fourth-order valence-electron chi connectivity index (χ4n) is 5.99. The van der Waals surface area contributed by atoms with E-state index in [1.807, 2.05) is 7.05 Å². The van der Waals surface area contributed by atoms with Crippen molar-refractivity contribution in [2.45, 2.75) is 70.4 Å². The predicted octanol–water partition coefficient (Wildman–Crippen LogP) is 3.34. The zero-order chi connectivity index (χ0) is 34.1. The van der Waals surface area contributed by atoms with Gasteiger partial charge in [-0.1, -0.05) is 38.8 Å². The number of anilines is 1. The van der Waals surface area contributed by atoms with Crippen LogP contribution >= 0.6 is 0 Å². The Bertz CT molecular complexity index is 1370. The number of aromatic nitrogens is 1. The van der Waals surface area contributed by atoms with Crippen molar-refractivity contribution in [3.63, 3.8) is 0 Å². The van der Waals surface area contributed by atoms with E-state index < -0.39 is 35.4 Å². The first-order valence-electron chi connectivity index (χ1n) is 16.3. The van der Waals surface area contributed by atoms with Crippen LogP contribution in [0.2, 0.25) is 0 Å². The summed E-state index contributed by atoms with van der Waals surface area (Å²) in [5.41, 5.74) is 0.570. The molecule has 2 aromatic rings. The van der Waals surface area contributed by atoms with Crippen molar-refractivity contribution >= 4 is 29.3 Å². The molecule has 2 heterocycles. The molecule has 1 aliphatic heterocycles. The van der Waals surface area contributed by atoms with Crippen LogP contribution < -0.4 is 20.7 Å². The second kappa shape index (κ2) is 16.1. The number of ether oxygens (including phenoxy) is 1. The lowest BCUT2D eigenvalue weighted by Gasteiger charge is -2.34. The molecule has 1 saturated heterocycles. The van der Waals surface area contributed by atoms with E-state index in [0.717, 1.165) is 43.8 Å². The van der Waals surface area contributed by atoms with Gasteiger partial charge in [-0.15, -0.1) is 0 Å². The smallest absolute Gasteiger partial charge is 0.351 e. The lowest BCUT2D eigenvalue weighted by Crippen LogP contribution is -2.54. The van der Waals surface area contributed by atoms with E-state index in [0.29, 0.717) is 37.5 Å². The number of amides is 4. The summed E-state index contributed by atoms with van der Waals surface area (Å²) in [5, 5.41) is 7.98. The van der Waals surface area contributed by atoms with Crippen molar-refractivity contribution in [1.82, 2.24) is 25.4 Å². The molecule has 3 N–H and O–H groups in total. The number of nitrogens with zero attached hydrogens (tertiary/aromatic N) is 3. The SMILES string of the molecule is CCC(=O)N[C@H](Cc1ccc(NC(=O)[C@@H](NC(=O)C(F)(F)c2ccc(OC)nc2)[C@H]2CC[C@H](C)CC2)cc1)C(=O)N1CCN(C)CC1. The molecule has 4 rings (SSSR count).